The van der Waals surface area contributed by atoms with Gasteiger partial charge in [0.05, 0.1) is 5.56 Å². The third-order valence-corrected chi connectivity index (χ3v) is 6.99. The highest BCUT2D eigenvalue weighted by molar-refractivity contribution is 5.95. The molecule has 1 aliphatic rings. The third kappa shape index (κ3) is 4.35. The Morgan fingerprint density at radius 1 is 0.865 bits per heavy atom. The summed E-state index contributed by atoms with van der Waals surface area (Å²) < 4.78 is 5.75. The minimum absolute atomic E-state index is 0.0310. The van der Waals surface area contributed by atoms with Crippen LogP contribution >= 0.6 is 0 Å². The molecule has 4 aromatic rings. The number of nitrogens with one attached hydrogen (secondary N) is 1. The van der Waals surface area contributed by atoms with Gasteiger partial charge in [0.25, 0.3) is 0 Å². The minimum Gasteiger partial charge on any atom is -0.507 e. The van der Waals surface area contributed by atoms with Crippen molar-refractivity contribution in [1.29, 1.82) is 0 Å². The number of hydrogen-bond acceptors (Lipinski definition) is 6. The van der Waals surface area contributed by atoms with E-state index in [1.165, 1.54) is 0 Å². The molecule has 6 nitrogen and oxygen atoms in total. The van der Waals surface area contributed by atoms with E-state index in [2.05, 4.69) is 24.1 Å². The summed E-state index contributed by atoms with van der Waals surface area (Å²) >= 11 is 0. The zero-order valence-corrected chi connectivity index (χ0v) is 21.2. The fraction of sp³-hybridized carbons (Fsp3) is 0.194. The van der Waals surface area contributed by atoms with Crippen LogP contribution in [-0.2, 0) is 4.74 Å². The van der Waals surface area contributed by atoms with E-state index in [4.69, 9.17) is 4.74 Å². The van der Waals surface area contributed by atoms with Gasteiger partial charge in [-0.3, -0.25) is 0 Å². The van der Waals surface area contributed by atoms with Gasteiger partial charge < -0.3 is 25.2 Å². The molecule has 5 rings (SSSR count). The van der Waals surface area contributed by atoms with Crippen molar-refractivity contribution in [2.45, 2.75) is 26.9 Å². The van der Waals surface area contributed by atoms with E-state index in [0.717, 1.165) is 35.7 Å². The molecule has 0 aromatic heterocycles. The van der Waals surface area contributed by atoms with E-state index in [9.17, 15) is 15.0 Å². The van der Waals surface area contributed by atoms with Crippen LogP contribution < -0.4 is 10.2 Å². The van der Waals surface area contributed by atoms with Crippen molar-refractivity contribution in [3.63, 3.8) is 0 Å². The first-order valence-electron chi connectivity index (χ1n) is 12.5. The van der Waals surface area contributed by atoms with Gasteiger partial charge in [-0.25, -0.2) is 4.79 Å². The summed E-state index contributed by atoms with van der Waals surface area (Å²) in [6.45, 7) is 7.65. The van der Waals surface area contributed by atoms with E-state index >= 15 is 0 Å². The predicted molar refractivity (Wildman–Crippen MR) is 147 cm³/mol. The maximum atomic E-state index is 12.6. The number of rotatable bonds is 7. The van der Waals surface area contributed by atoms with Crippen LogP contribution in [0.1, 0.15) is 47.0 Å². The number of para-hydroxylation sites is 1. The second kappa shape index (κ2) is 9.90. The molecule has 37 heavy (non-hydrogen) atoms. The van der Waals surface area contributed by atoms with Crippen molar-refractivity contribution >= 4 is 23.0 Å². The molecule has 0 spiro atoms. The monoisotopic (exact) mass is 494 g/mol. The van der Waals surface area contributed by atoms with Crippen LogP contribution in [-0.4, -0.2) is 29.3 Å². The molecule has 4 aromatic carbocycles. The van der Waals surface area contributed by atoms with Crippen molar-refractivity contribution < 1.29 is 19.7 Å². The number of benzene rings is 4. The number of fused-ring (bicyclic) bond motifs is 1. The number of ether oxygens (including phenoxy) is 1. The standard InChI is InChI=1S/C31H30N2O4/c1-4-33(5-2)21-15-16-24(27(34)17-21)28-19(3)26(32-20-11-7-6-8-12-20)18-25(29(28)35)30-22-13-9-10-14-23(22)31(36)37-30/h6-18,30,32,34-35H,4-5H2,1-3H3. The molecule has 188 valence electrons. The fourth-order valence-corrected chi connectivity index (χ4v) is 5.02. The molecule has 0 aliphatic carbocycles. The second-order valence-electron chi connectivity index (χ2n) is 9.10. The Labute approximate surface area is 216 Å². The van der Waals surface area contributed by atoms with E-state index in [-0.39, 0.29) is 11.5 Å². The lowest BCUT2D eigenvalue weighted by Crippen LogP contribution is -2.21. The van der Waals surface area contributed by atoms with Gasteiger partial charge in [-0.1, -0.05) is 36.4 Å². The highest BCUT2D eigenvalue weighted by atomic mass is 16.5. The Morgan fingerprint density at radius 3 is 2.27 bits per heavy atom. The smallest absolute Gasteiger partial charge is 0.339 e. The Morgan fingerprint density at radius 2 is 1.57 bits per heavy atom. The molecule has 1 heterocycles. The minimum atomic E-state index is -0.767. The van der Waals surface area contributed by atoms with Gasteiger partial charge in [-0.15, -0.1) is 0 Å². The number of carbonyl (C=O) groups is 1. The molecule has 6 heteroatoms. The first-order chi connectivity index (χ1) is 17.9. The highest BCUT2D eigenvalue weighted by Gasteiger charge is 2.35. The SMILES string of the molecule is CCN(CC)c1ccc(-c2c(C)c(Nc3ccccc3)cc(C3OC(=O)c4ccccc43)c2O)c(O)c1. The first kappa shape index (κ1) is 24.3. The number of anilines is 3. The van der Waals surface area contributed by atoms with Crippen LogP contribution in [0.3, 0.4) is 0 Å². The molecule has 0 saturated heterocycles. The van der Waals surface area contributed by atoms with E-state index in [1.807, 2.05) is 67.6 Å². The summed E-state index contributed by atoms with van der Waals surface area (Å²) in [7, 11) is 0. The molecular formula is C31H30N2O4. The zero-order chi connectivity index (χ0) is 26.1. The lowest BCUT2D eigenvalue weighted by molar-refractivity contribution is 0.0453. The van der Waals surface area contributed by atoms with Crippen molar-refractivity contribution in [2.24, 2.45) is 0 Å². The van der Waals surface area contributed by atoms with Gasteiger partial charge in [0, 0.05) is 58.5 Å². The van der Waals surface area contributed by atoms with Crippen LogP contribution in [0, 0.1) is 6.92 Å². The van der Waals surface area contributed by atoms with Crippen molar-refractivity contribution in [3.05, 3.63) is 101 Å². The van der Waals surface area contributed by atoms with Crippen LogP contribution in [0.15, 0.2) is 78.9 Å². The molecule has 0 bridgehead atoms. The first-order valence-corrected chi connectivity index (χ1v) is 12.5. The number of carbonyl (C=O) groups excluding carboxylic acids is 1. The van der Waals surface area contributed by atoms with Crippen LogP contribution in [0.5, 0.6) is 11.5 Å². The summed E-state index contributed by atoms with van der Waals surface area (Å²) in [4.78, 5) is 14.7. The number of cyclic esters (lactones) is 1. The Balaban J connectivity index is 1.70. The molecule has 0 radical (unpaired) electrons. The number of nitrogens with zero attached hydrogens (tertiary/aromatic N) is 1. The highest BCUT2D eigenvalue weighted by Crippen LogP contribution is 2.49. The topological polar surface area (TPSA) is 82.0 Å². The van der Waals surface area contributed by atoms with Crippen molar-refractivity contribution in [3.8, 4) is 22.6 Å². The van der Waals surface area contributed by atoms with Gasteiger partial charge in [0.15, 0.2) is 6.10 Å². The normalized spacial score (nSPS) is 14.2. The molecule has 0 amide bonds. The molecule has 1 unspecified atom stereocenters. The lowest BCUT2D eigenvalue weighted by atomic mass is 9.90. The van der Waals surface area contributed by atoms with Crippen molar-refractivity contribution in [1.82, 2.24) is 0 Å². The van der Waals surface area contributed by atoms with E-state index in [0.29, 0.717) is 27.8 Å². The molecule has 3 N–H and O–H groups in total. The van der Waals surface area contributed by atoms with Gasteiger partial charge >= 0.3 is 5.97 Å². The van der Waals surface area contributed by atoms with Crippen LogP contribution in [0.2, 0.25) is 0 Å². The number of phenols is 2. The van der Waals surface area contributed by atoms with Gasteiger partial charge in [0.1, 0.15) is 11.5 Å². The number of aromatic hydroxyl groups is 2. The van der Waals surface area contributed by atoms with E-state index < -0.39 is 12.1 Å². The number of hydrogen-bond donors (Lipinski definition) is 3. The molecule has 1 aliphatic heterocycles. The Kier molecular flexibility index (Phi) is 6.49. The summed E-state index contributed by atoms with van der Waals surface area (Å²) in [5, 5.41) is 26.2. The zero-order valence-electron chi connectivity index (χ0n) is 21.2. The average molecular weight is 495 g/mol. The summed E-state index contributed by atoms with van der Waals surface area (Å²) in [6, 6.07) is 24.2. The summed E-state index contributed by atoms with van der Waals surface area (Å²) in [6.07, 6.45) is -0.767. The van der Waals surface area contributed by atoms with Crippen molar-refractivity contribution in [2.75, 3.05) is 23.3 Å². The quantitative estimate of drug-likeness (QED) is 0.191. The summed E-state index contributed by atoms with van der Waals surface area (Å²) in [5.41, 5.74) is 5.89. The number of phenolic OH excluding ortho intramolecular Hbond substituents is 2. The largest absolute Gasteiger partial charge is 0.507 e. The van der Waals surface area contributed by atoms with Crippen LogP contribution in [0.25, 0.3) is 11.1 Å². The van der Waals surface area contributed by atoms with Crippen LogP contribution in [0.4, 0.5) is 17.1 Å². The molecule has 0 saturated carbocycles. The molecule has 0 fully saturated rings. The second-order valence-corrected chi connectivity index (χ2v) is 9.10. The average Bonchev–Trinajstić information content (AvgIpc) is 3.24. The van der Waals surface area contributed by atoms with Gasteiger partial charge in [0.2, 0.25) is 0 Å². The molecular weight excluding hydrogens is 464 g/mol. The van der Waals surface area contributed by atoms with Gasteiger partial charge in [-0.2, -0.15) is 0 Å². The van der Waals surface area contributed by atoms with Gasteiger partial charge in [-0.05, 0) is 62.7 Å². The van der Waals surface area contributed by atoms with E-state index in [1.54, 1.807) is 18.2 Å². The lowest BCUT2D eigenvalue weighted by Gasteiger charge is -2.24. The maximum absolute atomic E-state index is 12.6. The summed E-state index contributed by atoms with van der Waals surface area (Å²) in [5.74, 6) is -0.392. The Hall–Kier alpha value is -4.45. The molecule has 1 atom stereocenters. The Bertz CT molecular complexity index is 1460. The number of esters is 1. The maximum Gasteiger partial charge on any atom is 0.339 e. The predicted octanol–water partition coefficient (Wildman–Crippen LogP) is 6.92. The fourth-order valence-electron chi connectivity index (χ4n) is 5.02. The third-order valence-electron chi connectivity index (χ3n) is 6.99.